The van der Waals surface area contributed by atoms with E-state index in [0.29, 0.717) is 51.1 Å². The van der Waals surface area contributed by atoms with Crippen LogP contribution in [0, 0.1) is 5.92 Å². The summed E-state index contributed by atoms with van der Waals surface area (Å²) in [5, 5.41) is 6.46. The highest BCUT2D eigenvalue weighted by Gasteiger charge is 2.34. The van der Waals surface area contributed by atoms with Gasteiger partial charge in [0.1, 0.15) is 0 Å². The number of likely N-dealkylation sites (tertiary alicyclic amines) is 1. The highest BCUT2D eigenvalue weighted by atomic mass is 127. The molecule has 2 aliphatic heterocycles. The molecule has 0 amide bonds. The summed E-state index contributed by atoms with van der Waals surface area (Å²) in [4.78, 5) is 8.46. The Bertz CT molecular complexity index is 479. The monoisotopic (exact) mass is 521 g/mol. The number of rotatable bonds is 7. The van der Waals surface area contributed by atoms with Gasteiger partial charge >= 0.3 is 6.18 Å². The first-order chi connectivity index (χ1) is 12.7. The van der Waals surface area contributed by atoms with Crippen LogP contribution in [0.25, 0.3) is 0 Å². The van der Waals surface area contributed by atoms with E-state index in [9.17, 15) is 13.2 Å². The molecule has 0 bridgehead atoms. The fourth-order valence-corrected chi connectivity index (χ4v) is 3.63. The van der Waals surface area contributed by atoms with Crippen LogP contribution in [0.5, 0.6) is 0 Å². The van der Waals surface area contributed by atoms with Gasteiger partial charge in [0.25, 0.3) is 0 Å². The molecule has 2 aliphatic rings. The molecule has 166 valence electrons. The van der Waals surface area contributed by atoms with E-state index in [1.807, 2.05) is 6.92 Å². The number of hydrogen-bond donors (Lipinski definition) is 2. The van der Waals surface area contributed by atoms with Gasteiger partial charge in [0, 0.05) is 45.3 Å². The average molecular weight is 521 g/mol. The van der Waals surface area contributed by atoms with Gasteiger partial charge in [0.15, 0.2) is 5.96 Å². The molecular weight excluding hydrogens is 486 g/mol. The van der Waals surface area contributed by atoms with Crippen LogP contribution in [0.15, 0.2) is 4.99 Å². The molecule has 2 fully saturated rings. The molecule has 28 heavy (non-hydrogen) atoms. The number of guanidine groups is 1. The van der Waals surface area contributed by atoms with E-state index in [2.05, 4.69) is 34.4 Å². The van der Waals surface area contributed by atoms with Crippen molar-refractivity contribution in [3.05, 3.63) is 0 Å². The second-order valence-electron chi connectivity index (χ2n) is 7.85. The molecule has 0 aromatic heterocycles. The average Bonchev–Trinajstić information content (AvgIpc) is 2.97. The highest BCUT2D eigenvalue weighted by molar-refractivity contribution is 14.0. The van der Waals surface area contributed by atoms with Crippen LogP contribution in [0.4, 0.5) is 13.2 Å². The van der Waals surface area contributed by atoms with Crippen LogP contribution >= 0.6 is 24.0 Å². The molecule has 0 aliphatic carbocycles. The molecule has 0 radical (unpaired) electrons. The molecule has 0 spiro atoms. The first-order valence-corrected chi connectivity index (χ1v) is 9.93. The second kappa shape index (κ2) is 12.4. The minimum atomic E-state index is -4.15. The smallest absolute Gasteiger partial charge is 0.374 e. The molecule has 0 saturated carbocycles. The molecule has 0 aromatic carbocycles. The van der Waals surface area contributed by atoms with E-state index in [-0.39, 0.29) is 36.1 Å². The highest BCUT2D eigenvalue weighted by Crippen LogP contribution is 2.20. The number of nitrogens with one attached hydrogen (secondary N) is 2. The maximum absolute atomic E-state index is 12.5. The van der Waals surface area contributed by atoms with Gasteiger partial charge in [-0.1, -0.05) is 13.8 Å². The predicted octanol–water partition coefficient (Wildman–Crippen LogP) is 2.15. The molecular formula is C18H35F3IN5O. The summed E-state index contributed by atoms with van der Waals surface area (Å²) >= 11 is 0. The van der Waals surface area contributed by atoms with Gasteiger partial charge in [-0.2, -0.15) is 13.2 Å². The van der Waals surface area contributed by atoms with Crippen LogP contribution < -0.4 is 10.6 Å². The quantitative estimate of drug-likeness (QED) is 0.306. The van der Waals surface area contributed by atoms with Gasteiger partial charge in [-0.25, -0.2) is 0 Å². The fraction of sp³-hybridized carbons (Fsp3) is 0.944. The van der Waals surface area contributed by atoms with Gasteiger partial charge < -0.3 is 15.4 Å². The summed E-state index contributed by atoms with van der Waals surface area (Å²) in [6.45, 7) is 11.2. The van der Waals surface area contributed by atoms with Gasteiger partial charge in [-0.05, 0) is 19.3 Å². The number of morpholine rings is 1. The maximum Gasteiger partial charge on any atom is 0.401 e. The Balaban J connectivity index is 0.00000392. The third-order valence-electron chi connectivity index (χ3n) is 4.66. The topological polar surface area (TPSA) is 52.1 Å². The van der Waals surface area contributed by atoms with Gasteiger partial charge in [0.2, 0.25) is 0 Å². The summed E-state index contributed by atoms with van der Waals surface area (Å²) in [6, 6.07) is -0.0186. The summed E-state index contributed by atoms with van der Waals surface area (Å²) in [5.41, 5.74) is 0. The van der Waals surface area contributed by atoms with E-state index in [4.69, 9.17) is 4.74 Å². The SMILES string of the molecule is CCNC(=NCC1CN(CC(C)C)CCO1)NC1CCN(CC(F)(F)F)C1.I. The van der Waals surface area contributed by atoms with Gasteiger partial charge in [0.05, 0.1) is 25.8 Å². The molecule has 2 heterocycles. The Morgan fingerprint density at radius 1 is 1.21 bits per heavy atom. The van der Waals surface area contributed by atoms with E-state index in [1.165, 1.54) is 4.90 Å². The molecule has 6 nitrogen and oxygen atoms in total. The Morgan fingerprint density at radius 3 is 2.61 bits per heavy atom. The zero-order chi connectivity index (χ0) is 19.9. The first-order valence-electron chi connectivity index (χ1n) is 9.93. The van der Waals surface area contributed by atoms with E-state index in [0.717, 1.165) is 19.6 Å². The molecule has 2 atom stereocenters. The lowest BCUT2D eigenvalue weighted by molar-refractivity contribution is -0.143. The van der Waals surface area contributed by atoms with Crippen molar-refractivity contribution < 1.29 is 17.9 Å². The molecule has 2 saturated heterocycles. The summed E-state index contributed by atoms with van der Waals surface area (Å²) in [5.74, 6) is 1.27. The molecule has 0 aromatic rings. The zero-order valence-electron chi connectivity index (χ0n) is 17.1. The zero-order valence-corrected chi connectivity index (χ0v) is 19.4. The fourth-order valence-electron chi connectivity index (χ4n) is 3.63. The van der Waals surface area contributed by atoms with Crippen molar-refractivity contribution in [3.8, 4) is 0 Å². The lowest BCUT2D eigenvalue weighted by atomic mass is 10.2. The van der Waals surface area contributed by atoms with E-state index in [1.54, 1.807) is 0 Å². The normalized spacial score (nSPS) is 25.0. The lowest BCUT2D eigenvalue weighted by Gasteiger charge is -2.33. The van der Waals surface area contributed by atoms with Crippen LogP contribution in [-0.4, -0.2) is 93.0 Å². The standard InChI is InChI=1S/C18H34F3N5O.HI/c1-4-22-17(24-15-5-6-26(11-15)13-18(19,20)21)23-9-16-12-25(7-8-27-16)10-14(2)3;/h14-16H,4-13H2,1-3H3,(H2,22,23,24);1H. The van der Waals surface area contributed by atoms with Crippen molar-refractivity contribution >= 4 is 29.9 Å². The number of aliphatic imine (C=N–C) groups is 1. The lowest BCUT2D eigenvalue weighted by Crippen LogP contribution is -2.47. The predicted molar refractivity (Wildman–Crippen MR) is 116 cm³/mol. The van der Waals surface area contributed by atoms with Crippen molar-refractivity contribution in [2.75, 3.05) is 59.0 Å². The van der Waals surface area contributed by atoms with Crippen molar-refractivity contribution in [3.63, 3.8) is 0 Å². The van der Waals surface area contributed by atoms with Crippen molar-refractivity contribution in [2.45, 2.75) is 45.5 Å². The maximum atomic E-state index is 12.5. The number of halogens is 4. The van der Waals surface area contributed by atoms with E-state index < -0.39 is 12.7 Å². The van der Waals surface area contributed by atoms with Crippen molar-refractivity contribution in [1.29, 1.82) is 0 Å². The van der Waals surface area contributed by atoms with Crippen LogP contribution in [0.1, 0.15) is 27.2 Å². The molecule has 2 N–H and O–H groups in total. The minimum absolute atomic E-state index is 0. The van der Waals surface area contributed by atoms with Crippen LogP contribution in [0.2, 0.25) is 0 Å². The van der Waals surface area contributed by atoms with Gasteiger partial charge in [-0.3, -0.25) is 14.8 Å². The third kappa shape index (κ3) is 9.93. The Morgan fingerprint density at radius 2 is 1.96 bits per heavy atom. The Labute approximate surface area is 183 Å². The summed E-state index contributed by atoms with van der Waals surface area (Å²) in [7, 11) is 0. The van der Waals surface area contributed by atoms with Crippen molar-refractivity contribution in [2.24, 2.45) is 10.9 Å². The van der Waals surface area contributed by atoms with E-state index >= 15 is 0 Å². The molecule has 2 unspecified atom stereocenters. The minimum Gasteiger partial charge on any atom is -0.374 e. The number of ether oxygens (including phenoxy) is 1. The summed E-state index contributed by atoms with van der Waals surface area (Å²) in [6.07, 6.45) is -3.41. The van der Waals surface area contributed by atoms with Gasteiger partial charge in [-0.15, -0.1) is 24.0 Å². The first kappa shape index (κ1) is 25.7. The van der Waals surface area contributed by atoms with Crippen LogP contribution in [-0.2, 0) is 4.74 Å². The molecule has 10 heteroatoms. The Hall–Kier alpha value is -0.330. The number of alkyl halides is 3. The largest absolute Gasteiger partial charge is 0.401 e. The third-order valence-corrected chi connectivity index (χ3v) is 4.66. The number of hydrogen-bond acceptors (Lipinski definition) is 4. The van der Waals surface area contributed by atoms with Crippen LogP contribution in [0.3, 0.4) is 0 Å². The summed E-state index contributed by atoms with van der Waals surface area (Å²) < 4.78 is 43.4. The Kier molecular flexibility index (Phi) is 11.4. The van der Waals surface area contributed by atoms with Crippen molar-refractivity contribution in [1.82, 2.24) is 20.4 Å². The second-order valence-corrected chi connectivity index (χ2v) is 7.85. The number of nitrogens with zero attached hydrogens (tertiary/aromatic N) is 3. The molecule has 2 rings (SSSR count).